The van der Waals surface area contributed by atoms with Crippen LogP contribution in [0.2, 0.25) is 0 Å². The molecule has 0 unspecified atom stereocenters. The molecule has 1 saturated heterocycles. The van der Waals surface area contributed by atoms with E-state index >= 15 is 0 Å². The molecule has 1 atom stereocenters. The van der Waals surface area contributed by atoms with Gasteiger partial charge in [-0.1, -0.05) is 0 Å². The van der Waals surface area contributed by atoms with E-state index in [0.29, 0.717) is 12.6 Å². The standard InChI is InChI=1S/C8H17N2O/c1-9-4-6-10-5-2-3-8(10)7-11/h8,11H,2-7H2,1H3/q-1/t8-/m1/s1. The maximum atomic E-state index is 8.96. The molecule has 0 amide bonds. The van der Waals surface area contributed by atoms with Gasteiger partial charge in [0.15, 0.2) is 0 Å². The molecule has 1 N–H and O–H groups in total. The number of likely N-dealkylation sites (tertiary alicyclic amines) is 1. The molecule has 1 aliphatic heterocycles. The lowest BCUT2D eigenvalue weighted by atomic mass is 10.2. The van der Waals surface area contributed by atoms with Crippen LogP contribution in [0.5, 0.6) is 0 Å². The van der Waals surface area contributed by atoms with Gasteiger partial charge in [0.05, 0.1) is 6.61 Å². The van der Waals surface area contributed by atoms with Crippen LogP contribution in [0, 0.1) is 0 Å². The van der Waals surface area contributed by atoms with Crippen LogP contribution in [-0.2, 0) is 0 Å². The minimum Gasteiger partial charge on any atom is -0.664 e. The second-order valence-electron chi connectivity index (χ2n) is 3.05. The van der Waals surface area contributed by atoms with Crippen LogP contribution in [0.3, 0.4) is 0 Å². The largest absolute Gasteiger partial charge is 0.664 e. The predicted octanol–water partition coefficient (Wildman–Crippen LogP) is 0.447. The van der Waals surface area contributed by atoms with Crippen molar-refractivity contribution in [1.29, 1.82) is 0 Å². The van der Waals surface area contributed by atoms with Crippen LogP contribution < -0.4 is 0 Å². The Hall–Kier alpha value is -0.120. The van der Waals surface area contributed by atoms with Gasteiger partial charge < -0.3 is 10.4 Å². The summed E-state index contributed by atoms with van der Waals surface area (Å²) >= 11 is 0. The van der Waals surface area contributed by atoms with Crippen LogP contribution in [0.1, 0.15) is 12.8 Å². The fourth-order valence-corrected chi connectivity index (χ4v) is 1.62. The van der Waals surface area contributed by atoms with E-state index in [1.165, 1.54) is 6.42 Å². The average molecular weight is 157 g/mol. The van der Waals surface area contributed by atoms with Crippen molar-refractivity contribution in [1.82, 2.24) is 4.90 Å². The second kappa shape index (κ2) is 4.70. The molecule has 66 valence electrons. The molecular formula is C8H17N2O-. The number of rotatable bonds is 4. The second-order valence-corrected chi connectivity index (χ2v) is 3.05. The first kappa shape index (κ1) is 8.97. The van der Waals surface area contributed by atoms with E-state index in [0.717, 1.165) is 26.1 Å². The average Bonchev–Trinajstić information content (AvgIpc) is 2.47. The Morgan fingerprint density at radius 3 is 3.09 bits per heavy atom. The monoisotopic (exact) mass is 157 g/mol. The number of aliphatic hydroxyl groups excluding tert-OH is 1. The normalized spacial score (nSPS) is 26.2. The van der Waals surface area contributed by atoms with Crippen LogP contribution >= 0.6 is 0 Å². The number of hydrogen-bond donors (Lipinski definition) is 1. The Morgan fingerprint density at radius 1 is 1.64 bits per heavy atom. The number of hydrogen-bond acceptors (Lipinski definition) is 2. The van der Waals surface area contributed by atoms with Crippen molar-refractivity contribution in [3.8, 4) is 0 Å². The van der Waals surface area contributed by atoms with Gasteiger partial charge in [-0.25, -0.2) is 0 Å². The third-order valence-electron chi connectivity index (χ3n) is 2.32. The molecule has 0 aromatic rings. The lowest BCUT2D eigenvalue weighted by Gasteiger charge is -2.25. The van der Waals surface area contributed by atoms with Gasteiger partial charge in [0, 0.05) is 6.04 Å². The summed E-state index contributed by atoms with van der Waals surface area (Å²) in [6, 6.07) is 0.414. The van der Waals surface area contributed by atoms with Crippen LogP contribution in [0.15, 0.2) is 0 Å². The summed E-state index contributed by atoms with van der Waals surface area (Å²) in [5, 5.41) is 13.0. The topological polar surface area (TPSA) is 37.6 Å². The molecule has 0 saturated carbocycles. The van der Waals surface area contributed by atoms with E-state index in [-0.39, 0.29) is 0 Å². The van der Waals surface area contributed by atoms with Crippen molar-refractivity contribution in [2.75, 3.05) is 33.3 Å². The van der Waals surface area contributed by atoms with Crippen molar-refractivity contribution in [3.63, 3.8) is 0 Å². The van der Waals surface area contributed by atoms with Gasteiger partial charge in [-0.3, -0.25) is 4.90 Å². The predicted molar refractivity (Wildman–Crippen MR) is 45.8 cm³/mol. The third kappa shape index (κ3) is 2.43. The van der Waals surface area contributed by atoms with Crippen molar-refractivity contribution in [2.24, 2.45) is 0 Å². The van der Waals surface area contributed by atoms with E-state index in [9.17, 15) is 0 Å². The molecule has 0 spiro atoms. The summed E-state index contributed by atoms with van der Waals surface area (Å²) < 4.78 is 0. The van der Waals surface area contributed by atoms with E-state index in [4.69, 9.17) is 5.11 Å². The summed E-state index contributed by atoms with van der Waals surface area (Å²) in [6.45, 7) is 3.36. The van der Waals surface area contributed by atoms with Crippen LogP contribution in [0.25, 0.3) is 5.32 Å². The summed E-state index contributed by atoms with van der Waals surface area (Å²) in [5.41, 5.74) is 0. The zero-order valence-electron chi connectivity index (χ0n) is 7.16. The van der Waals surface area contributed by atoms with Gasteiger partial charge in [-0.2, -0.15) is 7.05 Å². The molecule has 1 heterocycles. The van der Waals surface area contributed by atoms with Crippen molar-refractivity contribution < 1.29 is 5.11 Å². The zero-order chi connectivity index (χ0) is 8.10. The van der Waals surface area contributed by atoms with Crippen LogP contribution in [-0.4, -0.2) is 49.3 Å². The van der Waals surface area contributed by atoms with Crippen molar-refractivity contribution in [2.45, 2.75) is 18.9 Å². The molecular weight excluding hydrogens is 140 g/mol. The summed E-state index contributed by atoms with van der Waals surface area (Å²) in [5.74, 6) is 0. The highest BCUT2D eigenvalue weighted by Crippen LogP contribution is 2.15. The Labute approximate surface area is 68.4 Å². The van der Waals surface area contributed by atoms with Crippen molar-refractivity contribution in [3.05, 3.63) is 5.32 Å². The molecule has 1 rings (SSSR count). The maximum absolute atomic E-state index is 8.96. The smallest absolute Gasteiger partial charge is 0.0586 e. The summed E-state index contributed by atoms with van der Waals surface area (Å²) in [7, 11) is 1.84. The first-order valence-electron chi connectivity index (χ1n) is 4.29. The zero-order valence-corrected chi connectivity index (χ0v) is 7.16. The highest BCUT2D eigenvalue weighted by atomic mass is 16.3. The van der Waals surface area contributed by atoms with E-state index in [2.05, 4.69) is 10.2 Å². The molecule has 0 radical (unpaired) electrons. The minimum atomic E-state index is 0.309. The first-order valence-corrected chi connectivity index (χ1v) is 4.29. The third-order valence-corrected chi connectivity index (χ3v) is 2.32. The Kier molecular flexibility index (Phi) is 3.83. The first-order chi connectivity index (χ1) is 5.38. The number of aliphatic hydroxyl groups is 1. The van der Waals surface area contributed by atoms with Gasteiger partial charge in [0.2, 0.25) is 0 Å². The fourth-order valence-electron chi connectivity index (χ4n) is 1.62. The maximum Gasteiger partial charge on any atom is 0.0586 e. The molecule has 3 heteroatoms. The van der Waals surface area contributed by atoms with Gasteiger partial charge in [0.25, 0.3) is 0 Å². The quantitative estimate of drug-likeness (QED) is 0.643. The number of likely N-dealkylation sites (N-methyl/N-ethyl adjacent to an activating group) is 1. The Balaban J connectivity index is 2.20. The van der Waals surface area contributed by atoms with Gasteiger partial charge in [-0.05, 0) is 25.9 Å². The van der Waals surface area contributed by atoms with Gasteiger partial charge in [-0.15, -0.1) is 6.54 Å². The molecule has 1 fully saturated rings. The molecule has 0 aliphatic carbocycles. The Bertz CT molecular complexity index is 108. The van der Waals surface area contributed by atoms with Crippen LogP contribution in [0.4, 0.5) is 0 Å². The lowest BCUT2D eigenvalue weighted by Crippen LogP contribution is -2.34. The molecule has 0 bridgehead atoms. The van der Waals surface area contributed by atoms with Gasteiger partial charge >= 0.3 is 0 Å². The van der Waals surface area contributed by atoms with E-state index in [1.807, 2.05) is 7.05 Å². The van der Waals surface area contributed by atoms with Gasteiger partial charge in [0.1, 0.15) is 0 Å². The minimum absolute atomic E-state index is 0.309. The van der Waals surface area contributed by atoms with E-state index in [1.54, 1.807) is 0 Å². The highest BCUT2D eigenvalue weighted by molar-refractivity contribution is 4.82. The Morgan fingerprint density at radius 2 is 2.45 bits per heavy atom. The van der Waals surface area contributed by atoms with E-state index < -0.39 is 0 Å². The van der Waals surface area contributed by atoms with Crippen molar-refractivity contribution >= 4 is 0 Å². The molecule has 0 aromatic carbocycles. The SMILES string of the molecule is C[N-]CCN1CCC[C@@H]1CO. The molecule has 1 aliphatic rings. The molecule has 0 aromatic heterocycles. The fraction of sp³-hybridized carbons (Fsp3) is 1.00. The summed E-state index contributed by atoms with van der Waals surface area (Å²) in [6.07, 6.45) is 2.38. The number of nitrogens with zero attached hydrogens (tertiary/aromatic N) is 2. The highest BCUT2D eigenvalue weighted by Gasteiger charge is 2.21. The summed E-state index contributed by atoms with van der Waals surface area (Å²) in [4.78, 5) is 2.33. The lowest BCUT2D eigenvalue weighted by molar-refractivity contribution is 0.163. The molecule has 3 nitrogen and oxygen atoms in total. The molecule has 11 heavy (non-hydrogen) atoms.